The molecule has 0 amide bonds. The van der Waals surface area contributed by atoms with Gasteiger partial charge in [0.15, 0.2) is 9.84 Å². The van der Waals surface area contributed by atoms with Gasteiger partial charge in [-0.15, -0.1) is 0 Å². The molecular formula is C13H26N2O2S. The van der Waals surface area contributed by atoms with Crippen molar-refractivity contribution in [2.45, 2.75) is 38.6 Å². The minimum Gasteiger partial charge on any atom is -0.316 e. The molecule has 0 aromatic carbocycles. The summed E-state index contributed by atoms with van der Waals surface area (Å²) < 4.78 is 23.1. The van der Waals surface area contributed by atoms with Gasteiger partial charge in [0.1, 0.15) is 0 Å². The Morgan fingerprint density at radius 1 is 1.44 bits per heavy atom. The van der Waals surface area contributed by atoms with Crippen molar-refractivity contribution in [2.75, 3.05) is 38.2 Å². The van der Waals surface area contributed by atoms with E-state index >= 15 is 0 Å². The number of nitrogens with one attached hydrogen (secondary N) is 1. The lowest BCUT2D eigenvalue weighted by atomic mass is 9.82. The molecule has 0 spiro atoms. The molecule has 2 fully saturated rings. The topological polar surface area (TPSA) is 49.4 Å². The van der Waals surface area contributed by atoms with Crippen LogP contribution in [-0.2, 0) is 9.84 Å². The van der Waals surface area contributed by atoms with Crippen molar-refractivity contribution in [3.63, 3.8) is 0 Å². The maximum atomic E-state index is 11.5. The first-order valence-corrected chi connectivity index (χ1v) is 8.90. The fraction of sp³-hybridized carbons (Fsp3) is 1.00. The van der Waals surface area contributed by atoms with E-state index in [2.05, 4.69) is 24.2 Å². The van der Waals surface area contributed by atoms with Crippen molar-refractivity contribution < 1.29 is 8.42 Å². The van der Waals surface area contributed by atoms with E-state index in [4.69, 9.17) is 0 Å². The Hall–Kier alpha value is -0.130. The summed E-state index contributed by atoms with van der Waals surface area (Å²) in [6, 6.07) is 0.240. The van der Waals surface area contributed by atoms with Crippen LogP contribution in [0.4, 0.5) is 0 Å². The molecule has 2 aliphatic rings. The van der Waals surface area contributed by atoms with Crippen molar-refractivity contribution in [1.82, 2.24) is 10.2 Å². The summed E-state index contributed by atoms with van der Waals surface area (Å²) in [6.07, 6.45) is 4.49. The first kappa shape index (κ1) is 14.3. The van der Waals surface area contributed by atoms with Gasteiger partial charge in [-0.1, -0.05) is 13.3 Å². The maximum absolute atomic E-state index is 11.5. The number of sulfone groups is 1. The summed E-state index contributed by atoms with van der Waals surface area (Å²) in [5.74, 6) is 0.736. The van der Waals surface area contributed by atoms with Gasteiger partial charge in [0.2, 0.25) is 0 Å². The average Bonchev–Trinajstić information content (AvgIpc) is 2.86. The molecule has 2 heterocycles. The first-order chi connectivity index (χ1) is 8.46. The molecule has 2 aliphatic heterocycles. The minimum absolute atomic E-state index is 0.240. The third-order valence-corrected chi connectivity index (χ3v) is 6.28. The molecular weight excluding hydrogens is 248 g/mol. The normalized spacial score (nSPS) is 35.4. The lowest BCUT2D eigenvalue weighted by molar-refractivity contribution is 0.147. The highest BCUT2D eigenvalue weighted by Gasteiger charge is 2.37. The fourth-order valence-corrected chi connectivity index (χ4v) is 5.34. The van der Waals surface area contributed by atoms with Gasteiger partial charge in [-0.3, -0.25) is 0 Å². The van der Waals surface area contributed by atoms with Crippen molar-refractivity contribution in [3.8, 4) is 0 Å². The SMILES string of the molecule is CCCC1(CN(C)C2CCS(=O)(=O)C2)CCNC1. The molecule has 2 saturated heterocycles. The van der Waals surface area contributed by atoms with Crippen LogP contribution in [0, 0.1) is 5.41 Å². The van der Waals surface area contributed by atoms with Gasteiger partial charge >= 0.3 is 0 Å². The summed E-state index contributed by atoms with van der Waals surface area (Å²) in [4.78, 5) is 2.30. The zero-order valence-electron chi connectivity index (χ0n) is 11.6. The molecule has 4 nitrogen and oxygen atoms in total. The Morgan fingerprint density at radius 3 is 2.72 bits per heavy atom. The summed E-state index contributed by atoms with van der Waals surface area (Å²) >= 11 is 0. The molecule has 2 unspecified atom stereocenters. The van der Waals surface area contributed by atoms with E-state index in [9.17, 15) is 8.42 Å². The Kier molecular flexibility index (Phi) is 4.34. The second-order valence-corrected chi connectivity index (χ2v) is 8.38. The van der Waals surface area contributed by atoms with Crippen molar-refractivity contribution in [2.24, 2.45) is 5.41 Å². The number of rotatable bonds is 5. The van der Waals surface area contributed by atoms with Crippen LogP contribution in [0.5, 0.6) is 0 Å². The Bertz CT molecular complexity index is 374. The van der Waals surface area contributed by atoms with Crippen molar-refractivity contribution in [1.29, 1.82) is 0 Å². The first-order valence-electron chi connectivity index (χ1n) is 7.08. The quantitative estimate of drug-likeness (QED) is 0.809. The van der Waals surface area contributed by atoms with Gasteiger partial charge in [-0.2, -0.15) is 0 Å². The zero-order chi connectivity index (χ0) is 13.2. The molecule has 0 saturated carbocycles. The molecule has 0 radical (unpaired) electrons. The van der Waals surface area contributed by atoms with Crippen LogP contribution in [0.3, 0.4) is 0 Å². The lowest BCUT2D eigenvalue weighted by Crippen LogP contribution is -2.43. The molecule has 106 valence electrons. The van der Waals surface area contributed by atoms with Gasteiger partial charge in [-0.25, -0.2) is 8.42 Å². The Balaban J connectivity index is 1.95. The monoisotopic (exact) mass is 274 g/mol. The molecule has 18 heavy (non-hydrogen) atoms. The Morgan fingerprint density at radius 2 is 2.22 bits per heavy atom. The molecule has 0 aromatic rings. The van der Waals surface area contributed by atoms with Crippen LogP contribution < -0.4 is 5.32 Å². The predicted molar refractivity (Wildman–Crippen MR) is 74.5 cm³/mol. The van der Waals surface area contributed by atoms with Gasteiger partial charge < -0.3 is 10.2 Å². The van der Waals surface area contributed by atoms with Gasteiger partial charge in [0.05, 0.1) is 11.5 Å². The molecule has 1 N–H and O–H groups in total. The van der Waals surface area contributed by atoms with Crippen LogP contribution >= 0.6 is 0 Å². The Labute approximate surface area is 111 Å². The van der Waals surface area contributed by atoms with Gasteiger partial charge in [-0.05, 0) is 38.3 Å². The van der Waals surface area contributed by atoms with E-state index < -0.39 is 9.84 Å². The van der Waals surface area contributed by atoms with Crippen LogP contribution in [0.1, 0.15) is 32.6 Å². The van der Waals surface area contributed by atoms with Crippen LogP contribution in [-0.4, -0.2) is 57.5 Å². The summed E-state index contributed by atoms with van der Waals surface area (Å²) in [5.41, 5.74) is 0.371. The van der Waals surface area contributed by atoms with E-state index in [1.54, 1.807) is 0 Å². The molecule has 2 atom stereocenters. The van der Waals surface area contributed by atoms with Crippen LogP contribution in [0.25, 0.3) is 0 Å². The van der Waals surface area contributed by atoms with Gasteiger partial charge in [0.25, 0.3) is 0 Å². The highest BCUT2D eigenvalue weighted by atomic mass is 32.2. The lowest BCUT2D eigenvalue weighted by Gasteiger charge is -2.35. The maximum Gasteiger partial charge on any atom is 0.151 e. The molecule has 5 heteroatoms. The van der Waals surface area contributed by atoms with Crippen LogP contribution in [0.15, 0.2) is 0 Å². The van der Waals surface area contributed by atoms with Crippen molar-refractivity contribution in [3.05, 3.63) is 0 Å². The second kappa shape index (κ2) is 5.47. The summed E-state index contributed by atoms with van der Waals surface area (Å²) in [7, 11) is -0.665. The minimum atomic E-state index is -2.76. The smallest absolute Gasteiger partial charge is 0.151 e. The third kappa shape index (κ3) is 3.25. The highest BCUT2D eigenvalue weighted by molar-refractivity contribution is 7.91. The van der Waals surface area contributed by atoms with Gasteiger partial charge in [0, 0.05) is 19.1 Å². The average molecular weight is 274 g/mol. The standard InChI is InChI=1S/C13H26N2O2S/c1-3-5-13(6-7-14-10-13)11-15(2)12-4-8-18(16,17)9-12/h12,14H,3-11H2,1-2H3. The van der Waals surface area contributed by atoms with E-state index in [0.717, 1.165) is 26.1 Å². The number of hydrogen-bond donors (Lipinski definition) is 1. The molecule has 0 bridgehead atoms. The summed E-state index contributed by atoms with van der Waals surface area (Å²) in [6.45, 7) is 5.47. The second-order valence-electron chi connectivity index (χ2n) is 6.15. The van der Waals surface area contributed by atoms with E-state index in [1.807, 2.05) is 0 Å². The highest BCUT2D eigenvalue weighted by Crippen LogP contribution is 2.33. The molecule has 0 aromatic heterocycles. The zero-order valence-corrected chi connectivity index (χ0v) is 12.4. The molecule has 0 aliphatic carbocycles. The van der Waals surface area contributed by atoms with E-state index in [-0.39, 0.29) is 6.04 Å². The summed E-state index contributed by atoms with van der Waals surface area (Å²) in [5, 5.41) is 3.47. The predicted octanol–water partition coefficient (Wildman–Crippen LogP) is 0.885. The van der Waals surface area contributed by atoms with Crippen molar-refractivity contribution >= 4 is 9.84 Å². The largest absolute Gasteiger partial charge is 0.316 e. The fourth-order valence-electron chi connectivity index (χ4n) is 3.53. The van der Waals surface area contributed by atoms with E-state index in [0.29, 0.717) is 16.9 Å². The van der Waals surface area contributed by atoms with E-state index in [1.165, 1.54) is 19.3 Å². The molecule has 2 rings (SSSR count). The number of nitrogens with zero attached hydrogens (tertiary/aromatic N) is 1. The third-order valence-electron chi connectivity index (χ3n) is 4.53. The number of hydrogen-bond acceptors (Lipinski definition) is 4. The van der Waals surface area contributed by atoms with Crippen LogP contribution in [0.2, 0.25) is 0 Å².